The van der Waals surface area contributed by atoms with Gasteiger partial charge in [-0.1, -0.05) is 60.7 Å². The van der Waals surface area contributed by atoms with E-state index >= 15 is 0 Å². The van der Waals surface area contributed by atoms with Gasteiger partial charge in [0.05, 0.1) is 0 Å². The fourth-order valence-corrected chi connectivity index (χ4v) is 1.43. The van der Waals surface area contributed by atoms with E-state index in [-0.39, 0.29) is 0 Å². The molecule has 0 nitrogen and oxygen atoms in total. The van der Waals surface area contributed by atoms with Crippen LogP contribution in [0.4, 0.5) is 0 Å². The summed E-state index contributed by atoms with van der Waals surface area (Å²) in [5.74, 6) is 0. The molecule has 1 rings (SSSR count). The first kappa shape index (κ1) is 12.5. The van der Waals surface area contributed by atoms with Gasteiger partial charge in [0.1, 0.15) is 0 Å². The number of unbranched alkanes of at least 4 members (excludes halogenated alkanes) is 2. The van der Waals surface area contributed by atoms with Crippen LogP contribution >= 0.6 is 0 Å². The second-order valence-electron chi connectivity index (χ2n) is 3.73. The second-order valence-corrected chi connectivity index (χ2v) is 3.73. The summed E-state index contributed by atoms with van der Waals surface area (Å²) >= 11 is 0. The highest BCUT2D eigenvalue weighted by atomic mass is 13.9. The molecule has 84 valence electrons. The van der Waals surface area contributed by atoms with Crippen LogP contribution in [-0.4, -0.2) is 0 Å². The molecule has 0 heteroatoms. The van der Waals surface area contributed by atoms with Crippen LogP contribution < -0.4 is 0 Å². The molecule has 16 heavy (non-hydrogen) atoms. The summed E-state index contributed by atoms with van der Waals surface area (Å²) in [5, 5.41) is 0. The van der Waals surface area contributed by atoms with Gasteiger partial charge in [0.25, 0.3) is 0 Å². The minimum atomic E-state index is 1.08. The van der Waals surface area contributed by atoms with Crippen LogP contribution in [0.1, 0.15) is 31.2 Å². The van der Waals surface area contributed by atoms with Crippen molar-refractivity contribution in [1.82, 2.24) is 0 Å². The van der Waals surface area contributed by atoms with Crippen LogP contribution in [0, 0.1) is 0 Å². The fraction of sp³-hybridized carbons (Fsp3) is 0.250. The molecule has 0 N–H and O–H groups in total. The van der Waals surface area contributed by atoms with Crippen LogP contribution in [0.5, 0.6) is 0 Å². The van der Waals surface area contributed by atoms with Gasteiger partial charge in [-0.3, -0.25) is 0 Å². The van der Waals surface area contributed by atoms with Gasteiger partial charge < -0.3 is 0 Å². The average Bonchev–Trinajstić information content (AvgIpc) is 2.34. The molecule has 0 aromatic heterocycles. The number of hydrogen-bond donors (Lipinski definition) is 0. The van der Waals surface area contributed by atoms with Crippen molar-refractivity contribution in [2.75, 3.05) is 0 Å². The van der Waals surface area contributed by atoms with Crippen LogP contribution in [0.2, 0.25) is 0 Å². The van der Waals surface area contributed by atoms with Crippen molar-refractivity contribution in [2.45, 2.75) is 25.7 Å². The van der Waals surface area contributed by atoms with Gasteiger partial charge in [-0.05, 0) is 31.2 Å². The largest absolute Gasteiger partial charge is 0.103 e. The molecule has 0 atom stereocenters. The molecule has 1 aromatic carbocycles. The lowest BCUT2D eigenvalue weighted by molar-refractivity contribution is 1.01. The maximum atomic E-state index is 3.70. The molecule has 0 amide bonds. The highest BCUT2D eigenvalue weighted by Crippen LogP contribution is 2.03. The zero-order chi connectivity index (χ0) is 11.5. The third kappa shape index (κ3) is 6.02. The summed E-state index contributed by atoms with van der Waals surface area (Å²) in [4.78, 5) is 0. The Bertz CT molecular complexity index is 330. The third-order valence-corrected chi connectivity index (χ3v) is 2.31. The van der Waals surface area contributed by atoms with Gasteiger partial charge in [-0.2, -0.15) is 0 Å². The second kappa shape index (κ2) is 8.72. The van der Waals surface area contributed by atoms with Crippen molar-refractivity contribution in [1.29, 1.82) is 0 Å². The SMILES string of the molecule is C=CCC/C=C/CC/C=C/c1ccccc1. The summed E-state index contributed by atoms with van der Waals surface area (Å²) in [6.45, 7) is 3.70. The molecule has 0 aliphatic carbocycles. The van der Waals surface area contributed by atoms with Gasteiger partial charge in [0.15, 0.2) is 0 Å². The van der Waals surface area contributed by atoms with E-state index in [1.807, 2.05) is 12.1 Å². The number of hydrogen-bond acceptors (Lipinski definition) is 0. The molecule has 0 aliphatic heterocycles. The molecule has 0 heterocycles. The molecule has 0 saturated carbocycles. The first-order valence-electron chi connectivity index (χ1n) is 5.91. The number of benzene rings is 1. The van der Waals surface area contributed by atoms with E-state index in [9.17, 15) is 0 Å². The average molecular weight is 212 g/mol. The highest BCUT2D eigenvalue weighted by Gasteiger charge is 1.82. The van der Waals surface area contributed by atoms with Crippen molar-refractivity contribution in [3.8, 4) is 0 Å². The first-order chi connectivity index (χ1) is 7.93. The summed E-state index contributed by atoms with van der Waals surface area (Å²) in [6, 6.07) is 10.4. The Labute approximate surface area is 99.0 Å². The lowest BCUT2D eigenvalue weighted by Crippen LogP contribution is -1.70. The Morgan fingerprint density at radius 3 is 2.12 bits per heavy atom. The first-order valence-corrected chi connectivity index (χ1v) is 5.91. The Hall–Kier alpha value is -1.56. The standard InChI is InChI=1S/C16H20/c1-2-3-4-5-6-7-8-10-13-16-14-11-9-12-15-16/h2,5-6,9-15H,1,3-4,7-8H2/b6-5+,13-10+. The molecular weight excluding hydrogens is 192 g/mol. The van der Waals surface area contributed by atoms with Crippen molar-refractivity contribution < 1.29 is 0 Å². The molecule has 0 unspecified atom stereocenters. The van der Waals surface area contributed by atoms with Crippen LogP contribution in [0.25, 0.3) is 6.08 Å². The Morgan fingerprint density at radius 1 is 0.812 bits per heavy atom. The number of rotatable bonds is 7. The van der Waals surface area contributed by atoms with Crippen LogP contribution in [-0.2, 0) is 0 Å². The van der Waals surface area contributed by atoms with Crippen LogP contribution in [0.3, 0.4) is 0 Å². The van der Waals surface area contributed by atoms with E-state index in [4.69, 9.17) is 0 Å². The minimum Gasteiger partial charge on any atom is -0.103 e. The molecule has 0 bridgehead atoms. The van der Waals surface area contributed by atoms with Gasteiger partial charge in [0.2, 0.25) is 0 Å². The Kier molecular flexibility index (Phi) is 6.82. The fourth-order valence-electron chi connectivity index (χ4n) is 1.43. The molecule has 1 aromatic rings. The van der Waals surface area contributed by atoms with Gasteiger partial charge >= 0.3 is 0 Å². The van der Waals surface area contributed by atoms with E-state index in [0.29, 0.717) is 0 Å². The predicted molar refractivity (Wildman–Crippen MR) is 73.3 cm³/mol. The lowest BCUT2D eigenvalue weighted by Gasteiger charge is -1.91. The monoisotopic (exact) mass is 212 g/mol. The Morgan fingerprint density at radius 2 is 1.44 bits per heavy atom. The van der Waals surface area contributed by atoms with Crippen molar-refractivity contribution in [3.63, 3.8) is 0 Å². The maximum absolute atomic E-state index is 3.70. The van der Waals surface area contributed by atoms with E-state index in [1.165, 1.54) is 5.56 Å². The third-order valence-electron chi connectivity index (χ3n) is 2.31. The van der Waals surface area contributed by atoms with Crippen molar-refractivity contribution in [2.24, 2.45) is 0 Å². The molecule has 0 saturated heterocycles. The van der Waals surface area contributed by atoms with Gasteiger partial charge in [-0.25, -0.2) is 0 Å². The summed E-state index contributed by atoms with van der Waals surface area (Å²) < 4.78 is 0. The zero-order valence-electron chi connectivity index (χ0n) is 9.81. The topological polar surface area (TPSA) is 0 Å². The molecular formula is C16H20. The predicted octanol–water partition coefficient (Wildman–Crippen LogP) is 5.00. The molecule has 0 radical (unpaired) electrons. The molecule has 0 fully saturated rings. The molecule has 0 spiro atoms. The van der Waals surface area contributed by atoms with Crippen molar-refractivity contribution >= 4 is 6.08 Å². The van der Waals surface area contributed by atoms with E-state index in [1.54, 1.807) is 0 Å². The van der Waals surface area contributed by atoms with E-state index < -0.39 is 0 Å². The van der Waals surface area contributed by atoms with Gasteiger partial charge in [-0.15, -0.1) is 6.58 Å². The summed E-state index contributed by atoms with van der Waals surface area (Å²) in [6.07, 6.45) is 15.3. The van der Waals surface area contributed by atoms with Gasteiger partial charge in [0, 0.05) is 0 Å². The quantitative estimate of drug-likeness (QED) is 0.440. The minimum absolute atomic E-state index is 1.08. The normalized spacial score (nSPS) is 11.2. The van der Waals surface area contributed by atoms with Crippen LogP contribution in [0.15, 0.2) is 61.2 Å². The highest BCUT2D eigenvalue weighted by molar-refractivity contribution is 5.48. The number of allylic oxidation sites excluding steroid dienone is 4. The smallest absolute Gasteiger partial charge is 0.0260 e. The Balaban J connectivity index is 2.13. The summed E-state index contributed by atoms with van der Waals surface area (Å²) in [7, 11) is 0. The van der Waals surface area contributed by atoms with Crippen molar-refractivity contribution in [3.05, 3.63) is 66.8 Å². The zero-order valence-corrected chi connectivity index (χ0v) is 9.81. The summed E-state index contributed by atoms with van der Waals surface area (Å²) in [5.41, 5.74) is 1.28. The maximum Gasteiger partial charge on any atom is -0.0260 e. The lowest BCUT2D eigenvalue weighted by atomic mass is 10.2. The molecule has 0 aliphatic rings. The van der Waals surface area contributed by atoms with E-state index in [2.05, 4.69) is 55.1 Å². The van der Waals surface area contributed by atoms with E-state index in [0.717, 1.165) is 25.7 Å².